The number of nitrogens with one attached hydrogen (secondary N) is 1. The molecule has 120 valence electrons. The number of methoxy groups -OCH3 is 1. The molecule has 0 amide bonds. The van der Waals surface area contributed by atoms with Crippen molar-refractivity contribution in [2.24, 2.45) is 0 Å². The van der Waals surface area contributed by atoms with Crippen LogP contribution in [0.25, 0.3) is 0 Å². The van der Waals surface area contributed by atoms with E-state index in [4.69, 9.17) is 9.47 Å². The number of para-hydroxylation sites is 1. The summed E-state index contributed by atoms with van der Waals surface area (Å²) in [4.78, 5) is 16.2. The van der Waals surface area contributed by atoms with E-state index in [1.54, 1.807) is 0 Å². The number of ether oxygens (including phenoxy) is 2. The second kappa shape index (κ2) is 6.44. The molecule has 0 spiro atoms. The average molecular weight is 305 g/mol. The highest BCUT2D eigenvalue weighted by Crippen LogP contribution is 2.41. The first-order valence-electron chi connectivity index (χ1n) is 7.76. The Morgan fingerprint density at radius 1 is 1.41 bits per heavy atom. The molecule has 1 unspecified atom stereocenters. The minimum Gasteiger partial charge on any atom is -0.487 e. The predicted octanol–water partition coefficient (Wildman–Crippen LogP) is 0.856. The number of anilines is 2. The smallest absolute Gasteiger partial charge is 0.325 e. The number of fused-ring (bicyclic) bond motifs is 1. The van der Waals surface area contributed by atoms with Gasteiger partial charge in [0.05, 0.1) is 19.3 Å². The molecule has 0 radical (unpaired) electrons. The van der Waals surface area contributed by atoms with Crippen LogP contribution in [0.1, 0.15) is 6.92 Å². The summed E-state index contributed by atoms with van der Waals surface area (Å²) in [7, 11) is 1.43. The van der Waals surface area contributed by atoms with E-state index in [1.807, 2.05) is 19.1 Å². The lowest BCUT2D eigenvalue weighted by atomic mass is 10.1. The number of hydrogen-bond donors (Lipinski definition) is 1. The number of benzene rings is 1. The predicted molar refractivity (Wildman–Crippen MR) is 85.8 cm³/mol. The van der Waals surface area contributed by atoms with Gasteiger partial charge >= 0.3 is 5.97 Å². The Bertz CT molecular complexity index is 543. The molecule has 0 aliphatic carbocycles. The number of esters is 1. The van der Waals surface area contributed by atoms with Crippen molar-refractivity contribution < 1.29 is 14.3 Å². The van der Waals surface area contributed by atoms with E-state index in [0.717, 1.165) is 43.3 Å². The second-order valence-electron chi connectivity index (χ2n) is 5.75. The molecular weight excluding hydrogens is 282 g/mol. The van der Waals surface area contributed by atoms with Crippen molar-refractivity contribution in [2.75, 3.05) is 56.2 Å². The van der Waals surface area contributed by atoms with Crippen LogP contribution in [-0.2, 0) is 9.53 Å². The quantitative estimate of drug-likeness (QED) is 0.836. The molecule has 6 heteroatoms. The summed E-state index contributed by atoms with van der Waals surface area (Å²) in [5.41, 5.74) is 2.14. The Hall–Kier alpha value is -1.95. The minimum atomic E-state index is -0.227. The molecular formula is C16H23N3O3. The third-order valence-electron chi connectivity index (χ3n) is 4.10. The molecule has 3 rings (SSSR count). The Morgan fingerprint density at radius 2 is 2.18 bits per heavy atom. The SMILES string of the molecule is COC(=O)CN1CC(C)Oc2cccc(N3CCNCC3)c21. The zero-order valence-corrected chi connectivity index (χ0v) is 13.2. The van der Waals surface area contributed by atoms with Gasteiger partial charge in [-0.15, -0.1) is 0 Å². The van der Waals surface area contributed by atoms with Crippen LogP contribution in [0.5, 0.6) is 5.75 Å². The van der Waals surface area contributed by atoms with E-state index in [0.29, 0.717) is 6.54 Å². The molecule has 1 aromatic rings. The molecule has 6 nitrogen and oxygen atoms in total. The number of carbonyl (C=O) groups is 1. The molecule has 0 saturated carbocycles. The van der Waals surface area contributed by atoms with Gasteiger partial charge in [0, 0.05) is 26.2 Å². The zero-order chi connectivity index (χ0) is 15.5. The van der Waals surface area contributed by atoms with E-state index in [-0.39, 0.29) is 18.6 Å². The Labute approximate surface area is 131 Å². The van der Waals surface area contributed by atoms with Crippen LogP contribution in [-0.4, -0.2) is 58.5 Å². The monoisotopic (exact) mass is 305 g/mol. The van der Waals surface area contributed by atoms with Gasteiger partial charge in [-0.3, -0.25) is 4.79 Å². The summed E-state index contributed by atoms with van der Waals surface area (Å²) in [6.45, 7) is 6.81. The molecule has 1 fully saturated rings. The first kappa shape index (κ1) is 15.0. The number of hydrogen-bond acceptors (Lipinski definition) is 6. The Balaban J connectivity index is 1.95. The van der Waals surface area contributed by atoms with E-state index in [9.17, 15) is 4.79 Å². The van der Waals surface area contributed by atoms with Crippen molar-refractivity contribution >= 4 is 17.3 Å². The van der Waals surface area contributed by atoms with Crippen molar-refractivity contribution in [1.29, 1.82) is 0 Å². The highest BCUT2D eigenvalue weighted by Gasteiger charge is 2.29. The van der Waals surface area contributed by atoms with Crippen molar-refractivity contribution in [3.63, 3.8) is 0 Å². The largest absolute Gasteiger partial charge is 0.487 e. The van der Waals surface area contributed by atoms with E-state index in [2.05, 4.69) is 21.2 Å². The van der Waals surface area contributed by atoms with Crippen LogP contribution >= 0.6 is 0 Å². The molecule has 1 aromatic carbocycles. The van der Waals surface area contributed by atoms with Gasteiger partial charge in [0.2, 0.25) is 0 Å². The van der Waals surface area contributed by atoms with Gasteiger partial charge in [-0.05, 0) is 19.1 Å². The third kappa shape index (κ3) is 2.97. The molecule has 0 aromatic heterocycles. The van der Waals surface area contributed by atoms with Crippen LogP contribution in [0.2, 0.25) is 0 Å². The van der Waals surface area contributed by atoms with Crippen LogP contribution in [0.4, 0.5) is 11.4 Å². The summed E-state index contributed by atoms with van der Waals surface area (Å²) in [5, 5.41) is 3.36. The average Bonchev–Trinajstić information content (AvgIpc) is 2.54. The molecule has 2 heterocycles. The van der Waals surface area contributed by atoms with Crippen molar-refractivity contribution in [3.8, 4) is 5.75 Å². The maximum absolute atomic E-state index is 11.8. The van der Waals surface area contributed by atoms with Gasteiger partial charge in [0.15, 0.2) is 0 Å². The Kier molecular flexibility index (Phi) is 4.38. The summed E-state index contributed by atoms with van der Waals surface area (Å²) in [5.74, 6) is 0.619. The summed E-state index contributed by atoms with van der Waals surface area (Å²) >= 11 is 0. The van der Waals surface area contributed by atoms with E-state index in [1.165, 1.54) is 7.11 Å². The molecule has 1 saturated heterocycles. The van der Waals surface area contributed by atoms with Crippen LogP contribution < -0.4 is 19.9 Å². The summed E-state index contributed by atoms with van der Waals surface area (Å²) < 4.78 is 10.8. The molecule has 0 bridgehead atoms. The van der Waals surface area contributed by atoms with Gasteiger partial charge in [-0.2, -0.15) is 0 Å². The molecule has 2 aliphatic heterocycles. The van der Waals surface area contributed by atoms with Gasteiger partial charge in [-0.1, -0.05) is 6.07 Å². The fraction of sp³-hybridized carbons (Fsp3) is 0.562. The highest BCUT2D eigenvalue weighted by atomic mass is 16.5. The zero-order valence-electron chi connectivity index (χ0n) is 13.2. The van der Waals surface area contributed by atoms with Crippen molar-refractivity contribution in [1.82, 2.24) is 5.32 Å². The van der Waals surface area contributed by atoms with Gasteiger partial charge < -0.3 is 24.6 Å². The fourth-order valence-electron chi connectivity index (χ4n) is 3.10. The lowest BCUT2D eigenvalue weighted by molar-refractivity contribution is -0.139. The highest BCUT2D eigenvalue weighted by molar-refractivity contribution is 5.84. The molecule has 1 atom stereocenters. The van der Waals surface area contributed by atoms with E-state index < -0.39 is 0 Å². The van der Waals surface area contributed by atoms with Crippen molar-refractivity contribution in [2.45, 2.75) is 13.0 Å². The van der Waals surface area contributed by atoms with Crippen LogP contribution in [0.3, 0.4) is 0 Å². The fourth-order valence-corrected chi connectivity index (χ4v) is 3.10. The van der Waals surface area contributed by atoms with Gasteiger partial charge in [-0.25, -0.2) is 0 Å². The van der Waals surface area contributed by atoms with Crippen LogP contribution in [0.15, 0.2) is 18.2 Å². The van der Waals surface area contributed by atoms with Crippen molar-refractivity contribution in [3.05, 3.63) is 18.2 Å². The summed E-state index contributed by atoms with van der Waals surface area (Å²) in [6.07, 6.45) is 0.0513. The maximum atomic E-state index is 11.8. The van der Waals surface area contributed by atoms with Crippen LogP contribution in [0, 0.1) is 0 Å². The number of rotatable bonds is 3. The lowest BCUT2D eigenvalue weighted by Gasteiger charge is -2.39. The number of piperazine rings is 1. The van der Waals surface area contributed by atoms with Gasteiger partial charge in [0.1, 0.15) is 24.1 Å². The van der Waals surface area contributed by atoms with Gasteiger partial charge in [0.25, 0.3) is 0 Å². The lowest BCUT2D eigenvalue weighted by Crippen LogP contribution is -2.46. The van der Waals surface area contributed by atoms with E-state index >= 15 is 0 Å². The maximum Gasteiger partial charge on any atom is 0.325 e. The first-order valence-corrected chi connectivity index (χ1v) is 7.76. The molecule has 22 heavy (non-hydrogen) atoms. The first-order chi connectivity index (χ1) is 10.7. The summed E-state index contributed by atoms with van der Waals surface area (Å²) in [6, 6.07) is 6.10. The third-order valence-corrected chi connectivity index (χ3v) is 4.10. The second-order valence-corrected chi connectivity index (χ2v) is 5.75. The molecule has 2 aliphatic rings. The topological polar surface area (TPSA) is 54.0 Å². The Morgan fingerprint density at radius 3 is 2.91 bits per heavy atom. The normalized spacial score (nSPS) is 21.1. The number of carbonyl (C=O) groups excluding carboxylic acids is 1. The number of nitrogens with zero attached hydrogens (tertiary/aromatic N) is 2. The minimum absolute atomic E-state index is 0.0513. The standard InChI is InChI=1S/C16H23N3O3/c1-12-10-19(11-15(20)21-2)16-13(4-3-5-14(16)22-12)18-8-6-17-7-9-18/h3-5,12,17H,6-11H2,1-2H3. The molecule has 1 N–H and O–H groups in total.